The average Bonchev–Trinajstić information content (AvgIpc) is 2.97. The van der Waals surface area contributed by atoms with Gasteiger partial charge in [-0.3, -0.25) is 0 Å². The molecule has 2 aromatic rings. The fourth-order valence-electron chi connectivity index (χ4n) is 3.10. The molecule has 1 saturated heterocycles. The summed E-state index contributed by atoms with van der Waals surface area (Å²) in [6.07, 6.45) is 7.34. The summed E-state index contributed by atoms with van der Waals surface area (Å²) in [5, 5.41) is 0. The predicted molar refractivity (Wildman–Crippen MR) is 100 cm³/mol. The van der Waals surface area contributed by atoms with Crippen molar-refractivity contribution in [3.05, 3.63) is 47.7 Å². The highest BCUT2D eigenvalue weighted by Gasteiger charge is 2.15. The second-order valence-electron chi connectivity index (χ2n) is 6.45. The van der Waals surface area contributed by atoms with Gasteiger partial charge in [0.1, 0.15) is 5.82 Å². The standard InChI is InChI=1S/C12H18N2.C8H9NO2/c1-11-6-7-12(13-10-11)14-8-4-2-3-5-9-14;9-4-6-2-1-3-7-8(6)11-5-10-7/h6-7,10H,2-5,8-9H2,1H3;1-3H,4-5,9H2. The Balaban J connectivity index is 0.000000150. The van der Waals surface area contributed by atoms with E-state index in [0.717, 1.165) is 22.9 Å². The van der Waals surface area contributed by atoms with Gasteiger partial charge in [0.25, 0.3) is 0 Å². The summed E-state index contributed by atoms with van der Waals surface area (Å²) in [6, 6.07) is 10.0. The zero-order chi connectivity index (χ0) is 17.5. The van der Waals surface area contributed by atoms with E-state index in [0.29, 0.717) is 13.3 Å². The van der Waals surface area contributed by atoms with E-state index >= 15 is 0 Å². The van der Waals surface area contributed by atoms with Crippen LogP contribution in [0.2, 0.25) is 0 Å². The Morgan fingerprint density at radius 2 is 1.84 bits per heavy atom. The van der Waals surface area contributed by atoms with Crippen molar-refractivity contribution in [1.29, 1.82) is 0 Å². The second kappa shape index (κ2) is 8.72. The lowest BCUT2D eigenvalue weighted by molar-refractivity contribution is 0.173. The number of nitrogens with zero attached hydrogens (tertiary/aromatic N) is 2. The van der Waals surface area contributed by atoms with Gasteiger partial charge < -0.3 is 20.1 Å². The maximum Gasteiger partial charge on any atom is 0.231 e. The van der Waals surface area contributed by atoms with E-state index in [-0.39, 0.29) is 0 Å². The number of hydrogen-bond acceptors (Lipinski definition) is 5. The number of anilines is 1. The number of fused-ring (bicyclic) bond motifs is 1. The number of pyridine rings is 1. The van der Waals surface area contributed by atoms with Crippen molar-refractivity contribution >= 4 is 5.82 Å². The van der Waals surface area contributed by atoms with E-state index in [4.69, 9.17) is 15.2 Å². The van der Waals surface area contributed by atoms with Crippen molar-refractivity contribution in [1.82, 2.24) is 4.98 Å². The minimum absolute atomic E-state index is 0.312. The van der Waals surface area contributed by atoms with Crippen LogP contribution in [0, 0.1) is 6.92 Å². The zero-order valence-electron chi connectivity index (χ0n) is 14.9. The Bertz CT molecular complexity index is 665. The molecule has 2 aliphatic heterocycles. The number of aryl methyl sites for hydroxylation is 1. The highest BCUT2D eigenvalue weighted by Crippen LogP contribution is 2.34. The highest BCUT2D eigenvalue weighted by molar-refractivity contribution is 5.47. The molecule has 2 aliphatic rings. The lowest BCUT2D eigenvalue weighted by Gasteiger charge is -2.21. The van der Waals surface area contributed by atoms with Crippen LogP contribution in [0.25, 0.3) is 0 Å². The van der Waals surface area contributed by atoms with Crippen LogP contribution in [0.4, 0.5) is 5.82 Å². The Kier molecular flexibility index (Phi) is 6.12. The van der Waals surface area contributed by atoms with Gasteiger partial charge in [-0.15, -0.1) is 0 Å². The van der Waals surface area contributed by atoms with Gasteiger partial charge in [-0.05, 0) is 37.5 Å². The van der Waals surface area contributed by atoms with Gasteiger partial charge in [-0.2, -0.15) is 0 Å². The van der Waals surface area contributed by atoms with E-state index in [1.165, 1.54) is 44.3 Å². The lowest BCUT2D eigenvalue weighted by atomic mass is 10.2. The first-order valence-electron chi connectivity index (χ1n) is 9.03. The van der Waals surface area contributed by atoms with Gasteiger partial charge in [-0.25, -0.2) is 4.98 Å². The topological polar surface area (TPSA) is 60.6 Å². The van der Waals surface area contributed by atoms with Gasteiger partial charge in [0, 0.05) is 31.4 Å². The Labute approximate surface area is 149 Å². The van der Waals surface area contributed by atoms with Crippen molar-refractivity contribution in [2.75, 3.05) is 24.8 Å². The van der Waals surface area contributed by atoms with Crippen LogP contribution in [0.3, 0.4) is 0 Å². The summed E-state index contributed by atoms with van der Waals surface area (Å²) >= 11 is 0. The van der Waals surface area contributed by atoms with Crippen LogP contribution in [-0.4, -0.2) is 24.9 Å². The minimum atomic E-state index is 0.312. The number of rotatable bonds is 2. The fraction of sp³-hybridized carbons (Fsp3) is 0.450. The minimum Gasteiger partial charge on any atom is -0.454 e. The van der Waals surface area contributed by atoms with Crippen molar-refractivity contribution < 1.29 is 9.47 Å². The van der Waals surface area contributed by atoms with Crippen molar-refractivity contribution in [3.8, 4) is 11.5 Å². The van der Waals surface area contributed by atoms with Crippen LogP contribution in [-0.2, 0) is 6.54 Å². The molecule has 0 aliphatic carbocycles. The number of hydrogen-bond donors (Lipinski definition) is 1. The number of para-hydroxylation sites is 1. The number of nitrogens with two attached hydrogens (primary N) is 1. The molecule has 0 atom stereocenters. The van der Waals surface area contributed by atoms with Gasteiger partial charge in [-0.1, -0.05) is 31.0 Å². The van der Waals surface area contributed by atoms with Crippen molar-refractivity contribution in [3.63, 3.8) is 0 Å². The summed E-state index contributed by atoms with van der Waals surface area (Å²) in [6.45, 7) is 5.24. The van der Waals surface area contributed by atoms with Crippen LogP contribution in [0.5, 0.6) is 11.5 Å². The van der Waals surface area contributed by atoms with E-state index in [1.807, 2.05) is 24.4 Å². The predicted octanol–water partition coefficient (Wildman–Crippen LogP) is 3.64. The molecule has 134 valence electrons. The van der Waals surface area contributed by atoms with Gasteiger partial charge in [0.15, 0.2) is 11.5 Å². The molecule has 0 saturated carbocycles. The molecule has 1 fully saturated rings. The molecule has 3 heterocycles. The SMILES string of the molecule is Cc1ccc(N2CCCCCC2)nc1.NCc1cccc2c1OCO2. The third-order valence-corrected chi connectivity index (χ3v) is 4.52. The zero-order valence-corrected chi connectivity index (χ0v) is 14.9. The molecule has 5 heteroatoms. The lowest BCUT2D eigenvalue weighted by Crippen LogP contribution is -2.24. The first kappa shape index (κ1) is 17.5. The molecule has 0 bridgehead atoms. The Hall–Kier alpha value is -2.27. The van der Waals surface area contributed by atoms with E-state index in [1.54, 1.807) is 0 Å². The van der Waals surface area contributed by atoms with Gasteiger partial charge >= 0.3 is 0 Å². The van der Waals surface area contributed by atoms with Crippen LogP contribution in [0.15, 0.2) is 36.5 Å². The van der Waals surface area contributed by atoms with E-state index in [2.05, 4.69) is 28.9 Å². The van der Waals surface area contributed by atoms with Crippen LogP contribution in [0.1, 0.15) is 36.8 Å². The summed E-state index contributed by atoms with van der Waals surface area (Å²) in [5.41, 5.74) is 7.73. The third-order valence-electron chi connectivity index (χ3n) is 4.52. The maximum atomic E-state index is 5.49. The first-order valence-corrected chi connectivity index (χ1v) is 9.03. The Morgan fingerprint density at radius 1 is 1.04 bits per heavy atom. The molecule has 0 amide bonds. The summed E-state index contributed by atoms with van der Waals surface area (Å²) in [7, 11) is 0. The molecule has 0 spiro atoms. The summed E-state index contributed by atoms with van der Waals surface area (Å²) in [4.78, 5) is 6.88. The molecule has 25 heavy (non-hydrogen) atoms. The average molecular weight is 341 g/mol. The smallest absolute Gasteiger partial charge is 0.231 e. The van der Waals surface area contributed by atoms with E-state index < -0.39 is 0 Å². The number of ether oxygens (including phenoxy) is 2. The van der Waals surface area contributed by atoms with Crippen LogP contribution < -0.4 is 20.1 Å². The quantitative estimate of drug-likeness (QED) is 0.903. The largest absolute Gasteiger partial charge is 0.454 e. The molecule has 5 nitrogen and oxygen atoms in total. The molecule has 0 unspecified atom stereocenters. The summed E-state index contributed by atoms with van der Waals surface area (Å²) in [5.74, 6) is 2.75. The second-order valence-corrected chi connectivity index (χ2v) is 6.45. The van der Waals surface area contributed by atoms with Crippen molar-refractivity contribution in [2.24, 2.45) is 5.73 Å². The maximum absolute atomic E-state index is 5.49. The van der Waals surface area contributed by atoms with E-state index in [9.17, 15) is 0 Å². The van der Waals surface area contributed by atoms with Crippen molar-refractivity contribution in [2.45, 2.75) is 39.2 Å². The monoisotopic (exact) mass is 341 g/mol. The third kappa shape index (κ3) is 4.63. The Morgan fingerprint density at radius 3 is 2.52 bits per heavy atom. The first-order chi connectivity index (χ1) is 12.3. The van der Waals surface area contributed by atoms with Gasteiger partial charge in [0.05, 0.1) is 0 Å². The summed E-state index contributed by atoms with van der Waals surface area (Å²) < 4.78 is 10.4. The van der Waals surface area contributed by atoms with Crippen LogP contribution >= 0.6 is 0 Å². The molecule has 4 rings (SSSR count). The molecular formula is C20H27N3O2. The normalized spacial score (nSPS) is 16.0. The van der Waals surface area contributed by atoms with Gasteiger partial charge in [0.2, 0.25) is 6.79 Å². The number of aromatic nitrogens is 1. The highest BCUT2D eigenvalue weighted by atomic mass is 16.7. The molecule has 0 radical (unpaired) electrons. The fourth-order valence-corrected chi connectivity index (χ4v) is 3.10. The molecule has 1 aromatic heterocycles. The molecular weight excluding hydrogens is 314 g/mol. The molecule has 1 aromatic carbocycles. The molecule has 2 N–H and O–H groups in total. The number of benzene rings is 1.